The van der Waals surface area contributed by atoms with Crippen molar-refractivity contribution in [2.24, 2.45) is 17.1 Å². The molecule has 0 unspecified atom stereocenters. The van der Waals surface area contributed by atoms with Gasteiger partial charge in [0.15, 0.2) is 0 Å². The van der Waals surface area contributed by atoms with Gasteiger partial charge in [0.05, 0.1) is 0 Å². The monoisotopic (exact) mass is 216 g/mol. The number of hydrogen-bond acceptors (Lipinski definition) is 3. The largest absolute Gasteiger partial charge is 0.396 e. The lowest BCUT2D eigenvalue weighted by molar-refractivity contribution is 0.135. The van der Waals surface area contributed by atoms with E-state index in [1.807, 2.05) is 0 Å². The fraction of sp³-hybridized carbons (Fsp3) is 1.00. The average Bonchev–Trinajstić information content (AvgIpc) is 2.23. The molecule has 0 aromatic heterocycles. The van der Waals surface area contributed by atoms with E-state index >= 15 is 0 Å². The van der Waals surface area contributed by atoms with E-state index in [0.29, 0.717) is 5.92 Å². The SMILES string of the molecule is CC[C@@](C)(CO)CNCC[C@@H](C)[C@@H](C)N. The van der Waals surface area contributed by atoms with Crippen molar-refractivity contribution in [2.45, 2.75) is 46.6 Å². The number of nitrogens with one attached hydrogen (secondary N) is 1. The Kier molecular flexibility index (Phi) is 7.14. The molecule has 0 radical (unpaired) electrons. The van der Waals surface area contributed by atoms with Gasteiger partial charge in [-0.15, -0.1) is 0 Å². The maximum atomic E-state index is 9.22. The van der Waals surface area contributed by atoms with Crippen molar-refractivity contribution in [3.8, 4) is 0 Å². The van der Waals surface area contributed by atoms with Crippen LogP contribution in [0.5, 0.6) is 0 Å². The molecule has 4 N–H and O–H groups in total. The second kappa shape index (κ2) is 7.20. The van der Waals surface area contributed by atoms with Gasteiger partial charge in [0.2, 0.25) is 0 Å². The fourth-order valence-corrected chi connectivity index (χ4v) is 1.28. The van der Waals surface area contributed by atoms with Gasteiger partial charge in [-0.3, -0.25) is 0 Å². The van der Waals surface area contributed by atoms with Crippen molar-refractivity contribution in [3.05, 3.63) is 0 Å². The van der Waals surface area contributed by atoms with Crippen LogP contribution in [0.15, 0.2) is 0 Å². The van der Waals surface area contributed by atoms with Crippen molar-refractivity contribution in [3.63, 3.8) is 0 Å². The van der Waals surface area contributed by atoms with Crippen LogP contribution >= 0.6 is 0 Å². The zero-order valence-electron chi connectivity index (χ0n) is 10.7. The molecule has 0 aliphatic heterocycles. The summed E-state index contributed by atoms with van der Waals surface area (Å²) in [7, 11) is 0. The predicted octanol–water partition coefficient (Wildman–Crippen LogP) is 1.36. The third-order valence-corrected chi connectivity index (χ3v) is 3.46. The molecular formula is C12H28N2O. The molecule has 0 saturated carbocycles. The van der Waals surface area contributed by atoms with Crippen molar-refractivity contribution in [2.75, 3.05) is 19.7 Å². The maximum absolute atomic E-state index is 9.22. The molecule has 0 heterocycles. The minimum Gasteiger partial charge on any atom is -0.396 e. The highest BCUT2D eigenvalue weighted by atomic mass is 16.3. The lowest BCUT2D eigenvalue weighted by atomic mass is 9.88. The summed E-state index contributed by atoms with van der Waals surface area (Å²) in [5.41, 5.74) is 5.81. The topological polar surface area (TPSA) is 58.3 Å². The normalized spacial score (nSPS) is 19.6. The molecule has 0 aliphatic rings. The molecule has 0 aliphatic carbocycles. The van der Waals surface area contributed by atoms with E-state index in [2.05, 4.69) is 33.0 Å². The number of nitrogens with two attached hydrogens (primary N) is 1. The fourth-order valence-electron chi connectivity index (χ4n) is 1.28. The highest BCUT2D eigenvalue weighted by Gasteiger charge is 2.20. The number of aliphatic hydroxyl groups excluding tert-OH is 1. The van der Waals surface area contributed by atoms with Gasteiger partial charge in [-0.05, 0) is 32.2 Å². The number of aliphatic hydroxyl groups is 1. The summed E-state index contributed by atoms with van der Waals surface area (Å²) in [5.74, 6) is 0.555. The van der Waals surface area contributed by atoms with E-state index in [1.165, 1.54) is 0 Å². The van der Waals surface area contributed by atoms with Gasteiger partial charge in [-0.1, -0.05) is 20.8 Å². The summed E-state index contributed by atoms with van der Waals surface area (Å²) in [5, 5.41) is 12.6. The molecule has 3 nitrogen and oxygen atoms in total. The lowest BCUT2D eigenvalue weighted by Crippen LogP contribution is -2.36. The van der Waals surface area contributed by atoms with Gasteiger partial charge in [-0.25, -0.2) is 0 Å². The molecule has 0 rings (SSSR count). The summed E-state index contributed by atoms with van der Waals surface area (Å²) < 4.78 is 0. The summed E-state index contributed by atoms with van der Waals surface area (Å²) >= 11 is 0. The second-order valence-corrected chi connectivity index (χ2v) is 5.12. The van der Waals surface area contributed by atoms with Crippen LogP contribution in [0, 0.1) is 11.3 Å². The molecule has 0 spiro atoms. The van der Waals surface area contributed by atoms with Crippen LogP contribution in [-0.2, 0) is 0 Å². The number of rotatable bonds is 8. The lowest BCUT2D eigenvalue weighted by Gasteiger charge is -2.26. The van der Waals surface area contributed by atoms with E-state index < -0.39 is 0 Å². The Labute approximate surface area is 94.4 Å². The van der Waals surface area contributed by atoms with Gasteiger partial charge < -0.3 is 16.2 Å². The van der Waals surface area contributed by atoms with Crippen molar-refractivity contribution in [1.82, 2.24) is 5.32 Å². The van der Waals surface area contributed by atoms with Gasteiger partial charge in [-0.2, -0.15) is 0 Å². The Morgan fingerprint density at radius 1 is 1.40 bits per heavy atom. The third kappa shape index (κ3) is 6.13. The molecule has 3 heteroatoms. The quantitative estimate of drug-likeness (QED) is 0.537. The van der Waals surface area contributed by atoms with Crippen LogP contribution in [0.25, 0.3) is 0 Å². The Balaban J connectivity index is 3.62. The first-order valence-electron chi connectivity index (χ1n) is 6.02. The van der Waals surface area contributed by atoms with Crippen LogP contribution in [-0.4, -0.2) is 30.8 Å². The van der Waals surface area contributed by atoms with Crippen LogP contribution in [0.1, 0.15) is 40.5 Å². The standard InChI is InChI=1S/C12H28N2O/c1-5-12(4,9-15)8-14-7-6-10(2)11(3)13/h10-11,14-15H,5-9,13H2,1-4H3/t10-,11-,12-/m1/s1. The molecule has 3 atom stereocenters. The smallest absolute Gasteiger partial charge is 0.0496 e. The van der Waals surface area contributed by atoms with Gasteiger partial charge in [0.1, 0.15) is 0 Å². The third-order valence-electron chi connectivity index (χ3n) is 3.46. The minimum absolute atomic E-state index is 0.0254. The highest BCUT2D eigenvalue weighted by Crippen LogP contribution is 2.18. The van der Waals surface area contributed by atoms with Crippen LogP contribution < -0.4 is 11.1 Å². The molecule has 0 aromatic rings. The van der Waals surface area contributed by atoms with Crippen molar-refractivity contribution >= 4 is 0 Å². The number of hydrogen-bond donors (Lipinski definition) is 3. The molecule has 0 fully saturated rings. The molecule has 0 amide bonds. The van der Waals surface area contributed by atoms with Crippen LogP contribution in [0.2, 0.25) is 0 Å². The molecule has 92 valence electrons. The minimum atomic E-state index is 0.0254. The molecule has 0 saturated heterocycles. The van der Waals surface area contributed by atoms with E-state index in [9.17, 15) is 5.11 Å². The molecule has 0 aromatic carbocycles. The first-order valence-corrected chi connectivity index (χ1v) is 6.02. The van der Waals surface area contributed by atoms with Crippen LogP contribution in [0.4, 0.5) is 0 Å². The Morgan fingerprint density at radius 2 is 2.00 bits per heavy atom. The van der Waals surface area contributed by atoms with Crippen molar-refractivity contribution < 1.29 is 5.11 Å². The first kappa shape index (κ1) is 14.9. The molecule has 15 heavy (non-hydrogen) atoms. The first-order chi connectivity index (χ1) is 6.95. The molecule has 0 bridgehead atoms. The Hall–Kier alpha value is -0.120. The summed E-state index contributed by atoms with van der Waals surface area (Å²) in [6.45, 7) is 10.6. The zero-order valence-corrected chi connectivity index (χ0v) is 10.7. The van der Waals surface area contributed by atoms with Crippen molar-refractivity contribution in [1.29, 1.82) is 0 Å². The maximum Gasteiger partial charge on any atom is 0.0496 e. The summed E-state index contributed by atoms with van der Waals surface area (Å²) in [4.78, 5) is 0. The van der Waals surface area contributed by atoms with Gasteiger partial charge in [0, 0.05) is 24.6 Å². The Bertz CT molecular complexity index is 156. The molecular weight excluding hydrogens is 188 g/mol. The Morgan fingerprint density at radius 3 is 2.40 bits per heavy atom. The predicted molar refractivity (Wildman–Crippen MR) is 65.8 cm³/mol. The summed E-state index contributed by atoms with van der Waals surface area (Å²) in [6, 6.07) is 0.266. The average molecular weight is 216 g/mol. The second-order valence-electron chi connectivity index (χ2n) is 5.12. The highest BCUT2D eigenvalue weighted by molar-refractivity contribution is 4.74. The van der Waals surface area contributed by atoms with E-state index in [1.54, 1.807) is 0 Å². The van der Waals surface area contributed by atoms with Gasteiger partial charge in [0.25, 0.3) is 0 Å². The van der Waals surface area contributed by atoms with E-state index in [0.717, 1.165) is 25.9 Å². The van der Waals surface area contributed by atoms with Crippen LogP contribution in [0.3, 0.4) is 0 Å². The van der Waals surface area contributed by atoms with Gasteiger partial charge >= 0.3 is 0 Å². The van der Waals surface area contributed by atoms with E-state index in [-0.39, 0.29) is 18.1 Å². The zero-order chi connectivity index (χ0) is 11.9. The van der Waals surface area contributed by atoms with E-state index in [4.69, 9.17) is 5.73 Å². The summed E-state index contributed by atoms with van der Waals surface area (Å²) in [6.07, 6.45) is 2.10.